The van der Waals surface area contributed by atoms with Gasteiger partial charge in [-0.1, -0.05) is 19.1 Å². The van der Waals surface area contributed by atoms with E-state index in [1.165, 1.54) is 12.1 Å². The van der Waals surface area contributed by atoms with Gasteiger partial charge in [-0.2, -0.15) is 0 Å². The number of nitrogens with one attached hydrogen (secondary N) is 1. The number of hydrogen-bond donors (Lipinski definition) is 1. The first-order chi connectivity index (χ1) is 9.28. The predicted molar refractivity (Wildman–Crippen MR) is 76.0 cm³/mol. The van der Waals surface area contributed by atoms with Crippen LogP contribution in [-0.4, -0.2) is 6.61 Å². The lowest BCUT2D eigenvalue weighted by Crippen LogP contribution is -2.00. The van der Waals surface area contributed by atoms with Crippen LogP contribution < -0.4 is 10.1 Å². The second-order valence-corrected chi connectivity index (χ2v) is 4.36. The van der Waals surface area contributed by atoms with Crippen molar-refractivity contribution in [1.82, 2.24) is 0 Å². The summed E-state index contributed by atoms with van der Waals surface area (Å²) in [6.07, 6.45) is 1.000. The van der Waals surface area contributed by atoms with E-state index in [1.54, 1.807) is 6.07 Å². The zero-order valence-electron chi connectivity index (χ0n) is 11.0. The van der Waals surface area contributed by atoms with Crippen LogP contribution in [0, 0.1) is 5.82 Å². The van der Waals surface area contributed by atoms with Crippen molar-refractivity contribution in [3.05, 3.63) is 59.9 Å². The average molecular weight is 259 g/mol. The summed E-state index contributed by atoms with van der Waals surface area (Å²) in [6, 6.07) is 14.4. The fraction of sp³-hybridized carbons (Fsp3) is 0.250. The molecule has 2 aromatic carbocycles. The van der Waals surface area contributed by atoms with Crippen LogP contribution in [0.25, 0.3) is 0 Å². The number of hydrogen-bond acceptors (Lipinski definition) is 2. The van der Waals surface area contributed by atoms with Gasteiger partial charge in [0.05, 0.1) is 6.61 Å². The first-order valence-corrected chi connectivity index (χ1v) is 6.49. The zero-order valence-corrected chi connectivity index (χ0v) is 11.0. The summed E-state index contributed by atoms with van der Waals surface area (Å²) >= 11 is 0. The first-order valence-electron chi connectivity index (χ1n) is 6.49. The topological polar surface area (TPSA) is 21.3 Å². The first kappa shape index (κ1) is 13.4. The standard InChI is InChI=1S/C16H18FNO/c1-2-10-19-16-8-6-15(7-9-16)18-12-13-4-3-5-14(17)11-13/h3-9,11,18H,2,10,12H2,1H3. The van der Waals surface area contributed by atoms with Crippen LogP contribution in [0.3, 0.4) is 0 Å². The van der Waals surface area contributed by atoms with E-state index in [4.69, 9.17) is 4.74 Å². The van der Waals surface area contributed by atoms with E-state index in [1.807, 2.05) is 30.3 Å². The Kier molecular flexibility index (Phi) is 4.78. The van der Waals surface area contributed by atoms with E-state index in [-0.39, 0.29) is 5.82 Å². The molecule has 1 N–H and O–H groups in total. The summed E-state index contributed by atoms with van der Waals surface area (Å²) in [6.45, 7) is 3.41. The molecule has 3 heteroatoms. The third-order valence-electron chi connectivity index (χ3n) is 2.71. The smallest absolute Gasteiger partial charge is 0.123 e. The minimum absolute atomic E-state index is 0.206. The van der Waals surface area contributed by atoms with E-state index >= 15 is 0 Å². The normalized spacial score (nSPS) is 10.2. The molecule has 0 spiro atoms. The highest BCUT2D eigenvalue weighted by molar-refractivity contribution is 5.46. The van der Waals surface area contributed by atoms with Crippen LogP contribution in [0.5, 0.6) is 5.75 Å². The quantitative estimate of drug-likeness (QED) is 0.838. The molecule has 100 valence electrons. The van der Waals surface area contributed by atoms with Crippen molar-refractivity contribution in [2.45, 2.75) is 19.9 Å². The molecule has 0 unspecified atom stereocenters. The number of rotatable bonds is 6. The van der Waals surface area contributed by atoms with Crippen molar-refractivity contribution < 1.29 is 9.13 Å². The van der Waals surface area contributed by atoms with Crippen molar-refractivity contribution in [2.75, 3.05) is 11.9 Å². The summed E-state index contributed by atoms with van der Waals surface area (Å²) < 4.78 is 18.5. The van der Waals surface area contributed by atoms with Crippen molar-refractivity contribution in [3.63, 3.8) is 0 Å². The second kappa shape index (κ2) is 6.78. The third kappa shape index (κ3) is 4.28. The van der Waals surface area contributed by atoms with Gasteiger partial charge in [-0.15, -0.1) is 0 Å². The van der Waals surface area contributed by atoms with E-state index < -0.39 is 0 Å². The highest BCUT2D eigenvalue weighted by atomic mass is 19.1. The highest BCUT2D eigenvalue weighted by Gasteiger charge is 1.97. The van der Waals surface area contributed by atoms with Gasteiger partial charge in [0.15, 0.2) is 0 Å². The third-order valence-corrected chi connectivity index (χ3v) is 2.71. The highest BCUT2D eigenvalue weighted by Crippen LogP contribution is 2.16. The summed E-state index contributed by atoms with van der Waals surface area (Å²) in [7, 11) is 0. The maximum atomic E-state index is 13.0. The monoisotopic (exact) mass is 259 g/mol. The van der Waals surface area contributed by atoms with Gasteiger partial charge < -0.3 is 10.1 Å². The van der Waals surface area contributed by atoms with Gasteiger partial charge in [-0.05, 0) is 48.4 Å². The lowest BCUT2D eigenvalue weighted by atomic mass is 10.2. The molecule has 2 rings (SSSR count). The fourth-order valence-corrected chi connectivity index (χ4v) is 1.74. The summed E-state index contributed by atoms with van der Waals surface area (Å²) in [4.78, 5) is 0. The molecule has 0 saturated heterocycles. The summed E-state index contributed by atoms with van der Waals surface area (Å²) in [5, 5.41) is 3.25. The Bertz CT molecular complexity index is 510. The molecule has 0 heterocycles. The molecule has 2 nitrogen and oxygen atoms in total. The maximum absolute atomic E-state index is 13.0. The maximum Gasteiger partial charge on any atom is 0.123 e. The van der Waals surface area contributed by atoms with Gasteiger partial charge in [0.1, 0.15) is 11.6 Å². The van der Waals surface area contributed by atoms with Crippen LogP contribution in [0.2, 0.25) is 0 Å². The Hall–Kier alpha value is -2.03. The molecule has 0 bridgehead atoms. The van der Waals surface area contributed by atoms with Gasteiger partial charge in [-0.3, -0.25) is 0 Å². The molecule has 0 aliphatic heterocycles. The number of halogens is 1. The second-order valence-electron chi connectivity index (χ2n) is 4.36. The minimum atomic E-state index is -0.206. The van der Waals surface area contributed by atoms with Crippen molar-refractivity contribution in [3.8, 4) is 5.75 Å². The Labute approximate surface area is 113 Å². The largest absolute Gasteiger partial charge is 0.494 e. The molecule has 0 atom stereocenters. The predicted octanol–water partition coefficient (Wildman–Crippen LogP) is 4.23. The van der Waals surface area contributed by atoms with E-state index in [2.05, 4.69) is 12.2 Å². The Morgan fingerprint density at radius 1 is 1.11 bits per heavy atom. The molecular formula is C16H18FNO. The molecule has 0 aliphatic rings. The molecule has 0 aliphatic carbocycles. The van der Waals surface area contributed by atoms with Crippen LogP contribution in [0.1, 0.15) is 18.9 Å². The van der Waals surface area contributed by atoms with E-state index in [0.717, 1.165) is 30.0 Å². The minimum Gasteiger partial charge on any atom is -0.494 e. The Morgan fingerprint density at radius 2 is 1.89 bits per heavy atom. The lowest BCUT2D eigenvalue weighted by molar-refractivity contribution is 0.317. The van der Waals surface area contributed by atoms with Gasteiger partial charge in [0.2, 0.25) is 0 Å². The molecule has 2 aromatic rings. The fourth-order valence-electron chi connectivity index (χ4n) is 1.74. The molecule has 0 fully saturated rings. The Morgan fingerprint density at radius 3 is 2.58 bits per heavy atom. The molecule has 0 radical (unpaired) electrons. The molecule has 19 heavy (non-hydrogen) atoms. The molecule has 0 amide bonds. The molecule has 0 saturated carbocycles. The van der Waals surface area contributed by atoms with Crippen LogP contribution in [-0.2, 0) is 6.54 Å². The van der Waals surface area contributed by atoms with E-state index in [0.29, 0.717) is 6.54 Å². The number of ether oxygens (including phenoxy) is 1. The van der Waals surface area contributed by atoms with Gasteiger partial charge in [0.25, 0.3) is 0 Å². The summed E-state index contributed by atoms with van der Waals surface area (Å²) in [5.74, 6) is 0.667. The molecule has 0 aromatic heterocycles. The summed E-state index contributed by atoms with van der Waals surface area (Å²) in [5.41, 5.74) is 1.92. The SMILES string of the molecule is CCCOc1ccc(NCc2cccc(F)c2)cc1. The van der Waals surface area contributed by atoms with Crippen molar-refractivity contribution in [2.24, 2.45) is 0 Å². The van der Waals surface area contributed by atoms with Gasteiger partial charge in [0, 0.05) is 12.2 Å². The van der Waals surface area contributed by atoms with Gasteiger partial charge in [-0.25, -0.2) is 4.39 Å². The number of anilines is 1. The van der Waals surface area contributed by atoms with Gasteiger partial charge >= 0.3 is 0 Å². The Balaban J connectivity index is 1.89. The van der Waals surface area contributed by atoms with E-state index in [9.17, 15) is 4.39 Å². The van der Waals surface area contributed by atoms with Crippen molar-refractivity contribution in [1.29, 1.82) is 0 Å². The lowest BCUT2D eigenvalue weighted by Gasteiger charge is -2.08. The number of benzene rings is 2. The molecular weight excluding hydrogens is 241 g/mol. The zero-order chi connectivity index (χ0) is 13.5. The van der Waals surface area contributed by atoms with Crippen LogP contribution >= 0.6 is 0 Å². The average Bonchev–Trinajstić information content (AvgIpc) is 2.44. The van der Waals surface area contributed by atoms with Crippen LogP contribution in [0.15, 0.2) is 48.5 Å². The van der Waals surface area contributed by atoms with Crippen molar-refractivity contribution >= 4 is 5.69 Å². The van der Waals surface area contributed by atoms with Crippen LogP contribution in [0.4, 0.5) is 10.1 Å².